The standard InChI is InChI=1S/C18H27N6O4/c1-12-13(2)24-14-15(19-17(24)22(12)6-9-25)20(3)18(27)23(16(14)26)5-4-21-7-10-28-11-8-21/h14,25H,4-11H2,1-3H3/q+1. The Hall–Kier alpha value is -2.30. The van der Waals surface area contributed by atoms with Gasteiger partial charge in [0, 0.05) is 33.2 Å². The number of hydrogen-bond acceptors (Lipinski definition) is 6. The van der Waals surface area contributed by atoms with Crippen LogP contribution in [0.25, 0.3) is 0 Å². The Morgan fingerprint density at radius 3 is 2.61 bits per heavy atom. The molecule has 1 N–H and O–H groups in total. The Kier molecular flexibility index (Phi) is 4.94. The van der Waals surface area contributed by atoms with Gasteiger partial charge in [0.1, 0.15) is 11.4 Å². The van der Waals surface area contributed by atoms with E-state index in [-0.39, 0.29) is 18.5 Å². The summed E-state index contributed by atoms with van der Waals surface area (Å²) < 4.78 is 9.13. The number of hydrogen-bond donors (Lipinski definition) is 1. The van der Waals surface area contributed by atoms with E-state index in [0.717, 1.165) is 24.5 Å². The molecule has 1 aromatic heterocycles. The van der Waals surface area contributed by atoms with Gasteiger partial charge < -0.3 is 9.84 Å². The van der Waals surface area contributed by atoms with Crippen molar-refractivity contribution in [1.29, 1.82) is 0 Å². The van der Waals surface area contributed by atoms with Gasteiger partial charge in [0.2, 0.25) is 11.9 Å². The van der Waals surface area contributed by atoms with E-state index in [4.69, 9.17) is 4.74 Å². The van der Waals surface area contributed by atoms with E-state index in [1.807, 2.05) is 23.0 Å². The Morgan fingerprint density at radius 2 is 1.93 bits per heavy atom. The zero-order chi connectivity index (χ0) is 20.0. The number of rotatable bonds is 5. The molecule has 0 spiro atoms. The number of carbonyl (C=O) groups excluding carboxylic acids is 2. The molecule has 28 heavy (non-hydrogen) atoms. The molecule has 0 aliphatic carbocycles. The summed E-state index contributed by atoms with van der Waals surface area (Å²) in [7, 11) is 1.66. The van der Waals surface area contributed by atoms with Gasteiger partial charge in [-0.1, -0.05) is 4.99 Å². The Labute approximate surface area is 163 Å². The summed E-state index contributed by atoms with van der Waals surface area (Å²) in [5, 5.41) is 9.39. The molecule has 1 atom stereocenters. The largest absolute Gasteiger partial charge is 0.402 e. The summed E-state index contributed by atoms with van der Waals surface area (Å²) in [6.45, 7) is 8.21. The van der Waals surface area contributed by atoms with Crippen LogP contribution in [-0.2, 0) is 16.1 Å². The minimum atomic E-state index is -0.638. The number of imidazole rings is 1. The van der Waals surface area contributed by atoms with Crippen LogP contribution in [0.1, 0.15) is 17.4 Å². The molecule has 1 unspecified atom stereocenters. The first-order valence-electron chi connectivity index (χ1n) is 9.65. The van der Waals surface area contributed by atoms with Gasteiger partial charge in [0.05, 0.1) is 26.4 Å². The van der Waals surface area contributed by atoms with E-state index in [1.54, 1.807) is 7.05 Å². The lowest BCUT2D eigenvalue weighted by molar-refractivity contribution is -0.690. The van der Waals surface area contributed by atoms with Crippen molar-refractivity contribution >= 4 is 23.7 Å². The second-order valence-corrected chi connectivity index (χ2v) is 7.37. The molecule has 152 valence electrons. The quantitative estimate of drug-likeness (QED) is 0.663. The molecule has 0 radical (unpaired) electrons. The first-order valence-corrected chi connectivity index (χ1v) is 9.65. The highest BCUT2D eigenvalue weighted by Gasteiger charge is 2.54. The van der Waals surface area contributed by atoms with Gasteiger partial charge in [-0.3, -0.25) is 19.5 Å². The highest BCUT2D eigenvalue weighted by molar-refractivity contribution is 6.20. The van der Waals surface area contributed by atoms with Gasteiger partial charge in [-0.15, -0.1) is 0 Å². The maximum absolute atomic E-state index is 13.3. The third-order valence-corrected chi connectivity index (χ3v) is 5.89. The van der Waals surface area contributed by atoms with Gasteiger partial charge in [0.15, 0.2) is 0 Å². The summed E-state index contributed by atoms with van der Waals surface area (Å²) in [5.74, 6) is 0.803. The number of aliphatic hydroxyl groups excluding tert-OH is 1. The van der Waals surface area contributed by atoms with Crippen molar-refractivity contribution in [2.24, 2.45) is 4.99 Å². The number of nitrogens with zero attached hydrogens (tertiary/aromatic N) is 6. The zero-order valence-electron chi connectivity index (χ0n) is 16.6. The van der Waals surface area contributed by atoms with Crippen LogP contribution in [0.3, 0.4) is 0 Å². The normalized spacial score (nSPS) is 22.6. The van der Waals surface area contributed by atoms with Gasteiger partial charge in [-0.2, -0.15) is 0 Å². The fourth-order valence-corrected chi connectivity index (χ4v) is 4.14. The molecule has 0 aromatic carbocycles. The summed E-state index contributed by atoms with van der Waals surface area (Å²) in [4.78, 5) is 35.7. The number of carbonyl (C=O) groups is 2. The maximum atomic E-state index is 13.3. The summed E-state index contributed by atoms with van der Waals surface area (Å²) in [6.07, 6.45) is 0. The van der Waals surface area contributed by atoms with Crippen molar-refractivity contribution in [3.63, 3.8) is 0 Å². The average Bonchev–Trinajstić information content (AvgIpc) is 3.19. The van der Waals surface area contributed by atoms with Crippen LogP contribution >= 0.6 is 0 Å². The number of amides is 3. The molecule has 0 bridgehead atoms. The molecule has 3 aliphatic rings. The molecule has 4 rings (SSSR count). The lowest BCUT2D eigenvalue weighted by Gasteiger charge is -2.35. The van der Waals surface area contributed by atoms with E-state index in [2.05, 4.69) is 9.89 Å². The van der Waals surface area contributed by atoms with Crippen molar-refractivity contribution in [3.05, 3.63) is 11.4 Å². The minimum absolute atomic E-state index is 0.0220. The lowest BCUT2D eigenvalue weighted by atomic mass is 10.1. The minimum Gasteiger partial charge on any atom is -0.393 e. The van der Waals surface area contributed by atoms with E-state index in [1.165, 1.54) is 9.80 Å². The molecule has 3 aliphatic heterocycles. The van der Waals surface area contributed by atoms with Crippen molar-refractivity contribution < 1.29 is 24.0 Å². The maximum Gasteiger partial charge on any atom is 0.402 e. The highest BCUT2D eigenvalue weighted by atomic mass is 16.5. The van der Waals surface area contributed by atoms with Crippen LogP contribution < -0.4 is 4.57 Å². The lowest BCUT2D eigenvalue weighted by Crippen LogP contribution is -2.59. The average molecular weight is 391 g/mol. The van der Waals surface area contributed by atoms with Gasteiger partial charge in [-0.25, -0.2) is 13.9 Å². The third kappa shape index (κ3) is 2.83. The van der Waals surface area contributed by atoms with E-state index < -0.39 is 6.04 Å². The number of aromatic nitrogens is 2. The van der Waals surface area contributed by atoms with Crippen LogP contribution in [0.5, 0.6) is 0 Å². The SMILES string of the molecule is Cc1c(C)[n+](CCO)c2n1C1C(=O)N(CCN3CCOCC3)C(=O)N(C)C1=N2. The molecule has 2 saturated heterocycles. The number of fused-ring (bicyclic) bond motifs is 3. The molecule has 10 nitrogen and oxygen atoms in total. The van der Waals surface area contributed by atoms with Crippen molar-refractivity contribution in [3.8, 4) is 0 Å². The van der Waals surface area contributed by atoms with Crippen LogP contribution in [0.4, 0.5) is 10.7 Å². The smallest absolute Gasteiger partial charge is 0.393 e. The molecular formula is C18H27N6O4+. The van der Waals surface area contributed by atoms with Crippen LogP contribution in [0.15, 0.2) is 4.99 Å². The van der Waals surface area contributed by atoms with Crippen molar-refractivity contribution in [2.45, 2.75) is 26.4 Å². The van der Waals surface area contributed by atoms with E-state index in [0.29, 0.717) is 44.6 Å². The topological polar surface area (TPSA) is 94.5 Å². The first kappa shape index (κ1) is 19.0. The van der Waals surface area contributed by atoms with Gasteiger partial charge in [0.25, 0.3) is 5.91 Å². The first-order chi connectivity index (χ1) is 13.5. The fraction of sp³-hybridized carbons (Fsp3) is 0.667. The van der Waals surface area contributed by atoms with Crippen LogP contribution in [0.2, 0.25) is 0 Å². The van der Waals surface area contributed by atoms with Gasteiger partial charge in [-0.05, 0) is 13.8 Å². The monoisotopic (exact) mass is 391 g/mol. The predicted molar refractivity (Wildman–Crippen MR) is 99.4 cm³/mol. The molecule has 1 aromatic rings. The predicted octanol–water partition coefficient (Wildman–Crippen LogP) is -0.804. The van der Waals surface area contributed by atoms with Crippen molar-refractivity contribution in [2.75, 3.05) is 53.0 Å². The summed E-state index contributed by atoms with van der Waals surface area (Å²) in [5.41, 5.74) is 1.87. The second kappa shape index (κ2) is 7.26. The second-order valence-electron chi connectivity index (χ2n) is 7.37. The molecule has 2 fully saturated rings. The highest BCUT2D eigenvalue weighted by Crippen LogP contribution is 2.35. The fourth-order valence-electron chi connectivity index (χ4n) is 4.14. The summed E-state index contributed by atoms with van der Waals surface area (Å²) >= 11 is 0. The third-order valence-electron chi connectivity index (χ3n) is 5.89. The Morgan fingerprint density at radius 1 is 1.21 bits per heavy atom. The Bertz CT molecular complexity index is 842. The number of likely N-dealkylation sites (N-methyl/N-ethyl adjacent to an activating group) is 1. The number of urea groups is 1. The Balaban J connectivity index is 1.63. The number of aliphatic hydroxyl groups is 1. The molecule has 4 heterocycles. The number of morpholine rings is 1. The number of ether oxygens (including phenoxy) is 1. The zero-order valence-corrected chi connectivity index (χ0v) is 16.6. The van der Waals surface area contributed by atoms with Crippen LogP contribution in [-0.4, -0.2) is 95.2 Å². The molecular weight excluding hydrogens is 364 g/mol. The van der Waals surface area contributed by atoms with E-state index in [9.17, 15) is 14.7 Å². The molecule has 0 saturated carbocycles. The van der Waals surface area contributed by atoms with E-state index >= 15 is 0 Å². The molecule has 3 amide bonds. The van der Waals surface area contributed by atoms with Crippen LogP contribution in [0, 0.1) is 13.8 Å². The summed E-state index contributed by atoms with van der Waals surface area (Å²) in [6, 6.07) is -0.983. The molecule has 10 heteroatoms. The number of amidine groups is 1. The van der Waals surface area contributed by atoms with Gasteiger partial charge >= 0.3 is 12.0 Å². The van der Waals surface area contributed by atoms with Crippen molar-refractivity contribution in [1.82, 2.24) is 19.3 Å². The number of imide groups is 1. The number of aliphatic imine (C=N–C) groups is 1.